The fourth-order valence-electron chi connectivity index (χ4n) is 2.28. The highest BCUT2D eigenvalue weighted by Gasteiger charge is 2.09. The van der Waals surface area contributed by atoms with Gasteiger partial charge in [0.05, 0.1) is 10.2 Å². The average molecular weight is 307 g/mol. The fraction of sp³-hybridized carbons (Fsp3) is 0. The van der Waals surface area contributed by atoms with Crippen LogP contribution in [0.4, 0.5) is 5.82 Å². The van der Waals surface area contributed by atoms with Crippen LogP contribution in [-0.2, 0) is 0 Å². The molecule has 0 spiro atoms. The smallest absolute Gasteiger partial charge is 0.132 e. The van der Waals surface area contributed by atoms with Gasteiger partial charge in [0, 0.05) is 29.5 Å². The highest BCUT2D eigenvalue weighted by atomic mass is 32.1. The molecule has 3 N–H and O–H groups in total. The van der Waals surface area contributed by atoms with Gasteiger partial charge in [-0.2, -0.15) is 0 Å². The first-order valence-corrected chi connectivity index (χ1v) is 7.72. The average Bonchev–Trinajstić information content (AvgIpc) is 3.00. The molecule has 0 unspecified atom stereocenters. The highest BCUT2D eigenvalue weighted by Crippen LogP contribution is 2.33. The number of anilines is 1. The Balaban J connectivity index is 1.73. The van der Waals surface area contributed by atoms with Gasteiger partial charge in [0.15, 0.2) is 0 Å². The predicted molar refractivity (Wildman–Crippen MR) is 90.0 cm³/mol. The third-order valence-electron chi connectivity index (χ3n) is 3.32. The van der Waals surface area contributed by atoms with Crippen molar-refractivity contribution in [2.75, 3.05) is 5.32 Å². The molecule has 0 amide bonds. The standard InChI is InChI=1S/C16H13N5S/c1-2-15(21-18-7-1)19-14-4-3-13-16(20-14)12(10-22-13)11-5-8-17-9-6-11/h1-10,18,21H,(H,19,20). The molecule has 0 atom stereocenters. The number of pyridine rings is 2. The van der Waals surface area contributed by atoms with Gasteiger partial charge in [-0.25, -0.2) is 4.98 Å². The Morgan fingerprint density at radius 3 is 2.82 bits per heavy atom. The van der Waals surface area contributed by atoms with Crippen molar-refractivity contribution in [2.24, 2.45) is 0 Å². The fourth-order valence-corrected chi connectivity index (χ4v) is 3.19. The second-order valence-electron chi connectivity index (χ2n) is 4.76. The summed E-state index contributed by atoms with van der Waals surface area (Å²) < 4.78 is 1.17. The molecule has 4 heterocycles. The maximum absolute atomic E-state index is 4.75. The largest absolute Gasteiger partial charge is 0.325 e. The molecule has 3 aromatic heterocycles. The van der Waals surface area contributed by atoms with Crippen LogP contribution >= 0.6 is 11.3 Å². The van der Waals surface area contributed by atoms with E-state index < -0.39 is 0 Å². The first kappa shape index (κ1) is 12.8. The number of rotatable bonds is 3. The van der Waals surface area contributed by atoms with Crippen LogP contribution in [0.1, 0.15) is 0 Å². The summed E-state index contributed by atoms with van der Waals surface area (Å²) in [6, 6.07) is 8.08. The summed E-state index contributed by atoms with van der Waals surface area (Å²) in [4.78, 5) is 8.82. The summed E-state index contributed by atoms with van der Waals surface area (Å²) >= 11 is 1.70. The van der Waals surface area contributed by atoms with Crippen molar-refractivity contribution >= 4 is 27.4 Å². The van der Waals surface area contributed by atoms with Crippen molar-refractivity contribution < 1.29 is 0 Å². The topological polar surface area (TPSA) is 61.9 Å². The first-order valence-electron chi connectivity index (χ1n) is 6.84. The van der Waals surface area contributed by atoms with Gasteiger partial charge < -0.3 is 10.7 Å². The van der Waals surface area contributed by atoms with Crippen LogP contribution in [0.2, 0.25) is 0 Å². The third kappa shape index (κ3) is 2.40. The van der Waals surface area contributed by atoms with Gasteiger partial charge in [0.2, 0.25) is 0 Å². The zero-order valence-electron chi connectivity index (χ0n) is 11.6. The van der Waals surface area contributed by atoms with E-state index >= 15 is 0 Å². The second kappa shape index (κ2) is 5.50. The Morgan fingerprint density at radius 2 is 2.00 bits per heavy atom. The van der Waals surface area contributed by atoms with Crippen molar-refractivity contribution in [3.05, 3.63) is 66.2 Å². The van der Waals surface area contributed by atoms with Crippen molar-refractivity contribution in [1.82, 2.24) is 20.8 Å². The lowest BCUT2D eigenvalue weighted by Crippen LogP contribution is -2.31. The highest BCUT2D eigenvalue weighted by molar-refractivity contribution is 7.17. The molecule has 1 aliphatic heterocycles. The number of allylic oxidation sites excluding steroid dienone is 2. The first-order chi connectivity index (χ1) is 10.9. The molecule has 0 saturated carbocycles. The molecule has 0 radical (unpaired) electrons. The van der Waals surface area contributed by atoms with Crippen LogP contribution < -0.4 is 16.2 Å². The maximum Gasteiger partial charge on any atom is 0.132 e. The van der Waals surface area contributed by atoms with Gasteiger partial charge in [-0.3, -0.25) is 10.4 Å². The molecule has 0 saturated heterocycles. The Kier molecular flexibility index (Phi) is 3.21. The van der Waals surface area contributed by atoms with E-state index in [1.807, 2.05) is 36.6 Å². The maximum atomic E-state index is 4.75. The molecule has 0 aromatic carbocycles. The predicted octanol–water partition coefficient (Wildman–Crippen LogP) is 3.23. The second-order valence-corrected chi connectivity index (χ2v) is 5.67. The van der Waals surface area contributed by atoms with Gasteiger partial charge in [-0.1, -0.05) is 0 Å². The van der Waals surface area contributed by atoms with E-state index in [0.29, 0.717) is 0 Å². The minimum Gasteiger partial charge on any atom is -0.325 e. The van der Waals surface area contributed by atoms with E-state index in [1.165, 1.54) is 4.70 Å². The van der Waals surface area contributed by atoms with Crippen LogP contribution in [0.25, 0.3) is 21.3 Å². The molecule has 5 nitrogen and oxygen atoms in total. The summed E-state index contributed by atoms with van der Waals surface area (Å²) in [7, 11) is 0. The quantitative estimate of drug-likeness (QED) is 0.693. The lowest BCUT2D eigenvalue weighted by Gasteiger charge is -2.15. The molecule has 4 rings (SSSR count). The van der Waals surface area contributed by atoms with E-state index in [1.54, 1.807) is 23.7 Å². The van der Waals surface area contributed by atoms with E-state index in [-0.39, 0.29) is 0 Å². The summed E-state index contributed by atoms with van der Waals surface area (Å²) in [6.07, 6.45) is 9.29. The number of hydrogen-bond donors (Lipinski definition) is 3. The minimum absolute atomic E-state index is 0.803. The summed E-state index contributed by atoms with van der Waals surface area (Å²) in [6.45, 7) is 0. The zero-order chi connectivity index (χ0) is 14.8. The molecule has 3 aromatic rings. The van der Waals surface area contributed by atoms with E-state index in [9.17, 15) is 0 Å². The molecule has 0 aliphatic carbocycles. The minimum atomic E-state index is 0.803. The van der Waals surface area contributed by atoms with Gasteiger partial charge >= 0.3 is 0 Å². The molecular formula is C16H13N5S. The van der Waals surface area contributed by atoms with Gasteiger partial charge in [0.1, 0.15) is 11.6 Å². The molecule has 1 aliphatic rings. The van der Waals surface area contributed by atoms with Crippen LogP contribution in [0, 0.1) is 0 Å². The molecule has 0 bridgehead atoms. The van der Waals surface area contributed by atoms with Gasteiger partial charge in [-0.15, -0.1) is 11.3 Å². The van der Waals surface area contributed by atoms with Crippen molar-refractivity contribution in [3.8, 4) is 11.1 Å². The number of thiophene rings is 1. The van der Waals surface area contributed by atoms with Crippen LogP contribution in [0.3, 0.4) is 0 Å². The lowest BCUT2D eigenvalue weighted by molar-refractivity contribution is 0.722. The van der Waals surface area contributed by atoms with Crippen LogP contribution in [0.15, 0.2) is 66.2 Å². The molecule has 0 fully saturated rings. The Labute approximate surface area is 131 Å². The van der Waals surface area contributed by atoms with Crippen LogP contribution in [-0.4, -0.2) is 9.97 Å². The molecule has 108 valence electrons. The molecular weight excluding hydrogens is 294 g/mol. The van der Waals surface area contributed by atoms with Crippen molar-refractivity contribution in [3.63, 3.8) is 0 Å². The van der Waals surface area contributed by atoms with Crippen LogP contribution in [0.5, 0.6) is 0 Å². The van der Waals surface area contributed by atoms with E-state index in [2.05, 4.69) is 32.6 Å². The van der Waals surface area contributed by atoms with E-state index in [0.717, 1.165) is 28.3 Å². The van der Waals surface area contributed by atoms with Gasteiger partial charge in [0.25, 0.3) is 0 Å². The summed E-state index contributed by atoms with van der Waals surface area (Å²) in [5, 5.41) is 5.40. The Bertz CT molecular complexity index is 867. The van der Waals surface area contributed by atoms with E-state index in [4.69, 9.17) is 4.98 Å². The number of fused-ring (bicyclic) bond motifs is 1. The van der Waals surface area contributed by atoms with Crippen molar-refractivity contribution in [2.45, 2.75) is 0 Å². The van der Waals surface area contributed by atoms with Gasteiger partial charge in [-0.05, 0) is 42.0 Å². The number of aromatic nitrogens is 2. The molecule has 6 heteroatoms. The van der Waals surface area contributed by atoms with Crippen molar-refractivity contribution in [1.29, 1.82) is 0 Å². The Hall–Kier alpha value is -2.86. The monoisotopic (exact) mass is 307 g/mol. The third-order valence-corrected chi connectivity index (χ3v) is 4.26. The number of nitrogens with one attached hydrogen (secondary N) is 3. The normalized spacial score (nSPS) is 13.4. The summed E-state index contributed by atoms with van der Waals surface area (Å²) in [5.41, 5.74) is 9.22. The lowest BCUT2D eigenvalue weighted by atomic mass is 10.1. The summed E-state index contributed by atoms with van der Waals surface area (Å²) in [5.74, 6) is 1.66. The molecule has 22 heavy (non-hydrogen) atoms. The number of hydrazine groups is 1. The SMILES string of the molecule is C1=CNNC(Nc2ccc3scc(-c4ccncc4)c3n2)=C1. The number of nitrogens with zero attached hydrogens (tertiary/aromatic N) is 2. The Morgan fingerprint density at radius 1 is 1.09 bits per heavy atom. The zero-order valence-corrected chi connectivity index (χ0v) is 12.4. The number of hydrogen-bond acceptors (Lipinski definition) is 6.